The summed E-state index contributed by atoms with van der Waals surface area (Å²) in [5.74, 6) is 0. The molecule has 117 valence electrons. The molecule has 0 aliphatic rings. The van der Waals surface area contributed by atoms with Gasteiger partial charge in [0.2, 0.25) is 0 Å². The van der Waals surface area contributed by atoms with E-state index < -0.39 is 9.28 Å². The first-order chi connectivity index (χ1) is 10.8. The molecule has 0 atom stereocenters. The van der Waals surface area contributed by atoms with E-state index in [2.05, 4.69) is 69.3 Å². The van der Waals surface area contributed by atoms with E-state index in [1.807, 2.05) is 0 Å². The summed E-state index contributed by atoms with van der Waals surface area (Å²) in [7, 11) is -1.43. The maximum Gasteiger partial charge on any atom is 0.424 e. The third-order valence-electron chi connectivity index (χ3n) is 3.38. The van der Waals surface area contributed by atoms with Crippen molar-refractivity contribution >= 4 is 14.5 Å². The van der Waals surface area contributed by atoms with E-state index in [1.165, 1.54) is 21.9 Å². The molecule has 0 spiro atoms. The molecule has 1 radical (unpaired) electrons. The van der Waals surface area contributed by atoms with Crippen molar-refractivity contribution in [2.24, 2.45) is 0 Å². The third-order valence-corrected chi connectivity index (χ3v) is 5.19. The van der Waals surface area contributed by atoms with Crippen molar-refractivity contribution in [2.75, 3.05) is 13.2 Å². The summed E-state index contributed by atoms with van der Waals surface area (Å²) in [6.45, 7) is 7.87. The van der Waals surface area contributed by atoms with Crippen LogP contribution in [-0.4, -0.2) is 22.5 Å². The third kappa shape index (κ3) is 4.53. The van der Waals surface area contributed by atoms with E-state index in [0.29, 0.717) is 0 Å². The molecule has 2 aromatic rings. The number of rotatable bonds is 8. The highest BCUT2D eigenvalue weighted by Crippen LogP contribution is 2.19. The van der Waals surface area contributed by atoms with E-state index in [9.17, 15) is 0 Å². The fourth-order valence-corrected chi connectivity index (χ4v) is 4.09. The molecular weight excluding hydrogens is 288 g/mol. The van der Waals surface area contributed by atoms with Gasteiger partial charge in [-0.15, -0.1) is 0 Å². The highest BCUT2D eigenvalue weighted by atomic mass is 28.3. The van der Waals surface area contributed by atoms with Gasteiger partial charge in [0, 0.05) is 18.4 Å². The molecule has 0 saturated heterocycles. The number of hydrogen-bond acceptors (Lipinski definition) is 2. The van der Waals surface area contributed by atoms with Crippen molar-refractivity contribution in [3.8, 4) is 11.1 Å². The van der Waals surface area contributed by atoms with Gasteiger partial charge in [0.25, 0.3) is 0 Å². The molecule has 2 aromatic carbocycles. The molecule has 0 N–H and O–H groups in total. The van der Waals surface area contributed by atoms with Gasteiger partial charge in [-0.3, -0.25) is 0 Å². The largest absolute Gasteiger partial charge is 0.424 e. The number of benzene rings is 2. The number of hydrogen-bond donors (Lipinski definition) is 0. The van der Waals surface area contributed by atoms with Crippen molar-refractivity contribution in [1.29, 1.82) is 0 Å². The first-order valence-corrected chi connectivity index (χ1v) is 9.37. The lowest BCUT2D eigenvalue weighted by molar-refractivity contribution is 0.207. The zero-order valence-corrected chi connectivity index (χ0v) is 14.8. The number of aryl methyl sites for hydroxylation is 1. The van der Waals surface area contributed by atoms with Gasteiger partial charge in [0.05, 0.1) is 0 Å². The molecular formula is C19H25O2Si. The molecule has 0 aliphatic carbocycles. The summed E-state index contributed by atoms with van der Waals surface area (Å²) in [5, 5.41) is 1.21. The summed E-state index contributed by atoms with van der Waals surface area (Å²) in [5.41, 5.74) is 3.73. The fourth-order valence-electron chi connectivity index (χ4n) is 2.23. The van der Waals surface area contributed by atoms with Gasteiger partial charge in [-0.1, -0.05) is 67.9 Å². The Morgan fingerprint density at radius 1 is 0.818 bits per heavy atom. The van der Waals surface area contributed by atoms with Crippen LogP contribution in [0.15, 0.2) is 48.5 Å². The molecule has 2 nitrogen and oxygen atoms in total. The topological polar surface area (TPSA) is 18.5 Å². The lowest BCUT2D eigenvalue weighted by Gasteiger charge is -2.18. The minimum Gasteiger partial charge on any atom is -0.390 e. The van der Waals surface area contributed by atoms with Crippen LogP contribution in [0.1, 0.15) is 32.3 Å². The van der Waals surface area contributed by atoms with E-state index >= 15 is 0 Å². The Hall–Kier alpha value is -1.42. The van der Waals surface area contributed by atoms with Crippen LogP contribution in [0.2, 0.25) is 0 Å². The maximum atomic E-state index is 6.04. The van der Waals surface area contributed by atoms with Crippen LogP contribution in [0.4, 0.5) is 0 Å². The molecule has 0 bridgehead atoms. The van der Waals surface area contributed by atoms with Gasteiger partial charge in [-0.2, -0.15) is 0 Å². The zero-order valence-electron chi connectivity index (χ0n) is 13.8. The van der Waals surface area contributed by atoms with Crippen LogP contribution in [0.5, 0.6) is 0 Å². The highest BCUT2D eigenvalue weighted by Gasteiger charge is 2.22. The second kappa shape index (κ2) is 8.88. The van der Waals surface area contributed by atoms with Crippen LogP contribution < -0.4 is 5.19 Å². The van der Waals surface area contributed by atoms with Crippen LogP contribution in [0, 0.1) is 6.92 Å². The first kappa shape index (κ1) is 16.9. The van der Waals surface area contributed by atoms with Crippen LogP contribution in [-0.2, 0) is 8.85 Å². The van der Waals surface area contributed by atoms with Crippen molar-refractivity contribution in [2.45, 2.75) is 33.6 Å². The van der Waals surface area contributed by atoms with Gasteiger partial charge in [0.15, 0.2) is 0 Å². The Bertz CT molecular complexity index is 558. The summed E-state index contributed by atoms with van der Waals surface area (Å²) in [6.07, 6.45) is 2.02. The van der Waals surface area contributed by atoms with E-state index in [0.717, 1.165) is 26.1 Å². The Balaban J connectivity index is 2.33. The van der Waals surface area contributed by atoms with Crippen LogP contribution in [0.25, 0.3) is 11.1 Å². The standard InChI is InChI=1S/C19H25O2Si/c1-4-14-20-22(21-15-5-2)19-9-7-6-8-18(19)17-12-10-16(3)11-13-17/h6-13H,4-5,14-15H2,1-3H3. The Morgan fingerprint density at radius 2 is 1.41 bits per heavy atom. The molecule has 0 unspecified atom stereocenters. The summed E-state index contributed by atoms with van der Waals surface area (Å²) >= 11 is 0. The van der Waals surface area contributed by atoms with Gasteiger partial charge in [-0.25, -0.2) is 0 Å². The van der Waals surface area contributed by atoms with E-state index in [1.54, 1.807) is 0 Å². The monoisotopic (exact) mass is 313 g/mol. The van der Waals surface area contributed by atoms with E-state index in [4.69, 9.17) is 8.85 Å². The Kier molecular flexibility index (Phi) is 6.84. The minimum absolute atomic E-state index is 0.750. The average molecular weight is 313 g/mol. The normalized spacial score (nSPS) is 11.1. The van der Waals surface area contributed by atoms with Crippen molar-refractivity contribution in [3.05, 3.63) is 54.1 Å². The first-order valence-electron chi connectivity index (χ1n) is 8.05. The van der Waals surface area contributed by atoms with Gasteiger partial charge in [-0.05, 0) is 30.9 Å². The van der Waals surface area contributed by atoms with Crippen molar-refractivity contribution < 1.29 is 8.85 Å². The molecule has 0 aliphatic heterocycles. The van der Waals surface area contributed by atoms with Crippen LogP contribution in [0.3, 0.4) is 0 Å². The molecule has 0 heterocycles. The quantitative estimate of drug-likeness (QED) is 0.680. The molecule has 0 fully saturated rings. The molecule has 2 rings (SSSR count). The van der Waals surface area contributed by atoms with Gasteiger partial charge >= 0.3 is 9.28 Å². The predicted molar refractivity (Wildman–Crippen MR) is 94.5 cm³/mol. The second-order valence-electron chi connectivity index (χ2n) is 5.40. The maximum absolute atomic E-state index is 6.04. The Morgan fingerprint density at radius 3 is 2.00 bits per heavy atom. The predicted octanol–water partition coefficient (Wildman–Crippen LogP) is 4.21. The molecule has 22 heavy (non-hydrogen) atoms. The van der Waals surface area contributed by atoms with Crippen LogP contribution >= 0.6 is 0 Å². The lowest BCUT2D eigenvalue weighted by atomic mass is 10.0. The minimum atomic E-state index is -1.43. The fraction of sp³-hybridized carbons (Fsp3) is 0.368. The van der Waals surface area contributed by atoms with Gasteiger partial charge in [0.1, 0.15) is 0 Å². The average Bonchev–Trinajstić information content (AvgIpc) is 2.56. The molecule has 3 heteroatoms. The van der Waals surface area contributed by atoms with Gasteiger partial charge < -0.3 is 8.85 Å². The van der Waals surface area contributed by atoms with Crippen molar-refractivity contribution in [1.82, 2.24) is 0 Å². The lowest BCUT2D eigenvalue weighted by Crippen LogP contribution is -2.38. The second-order valence-corrected chi connectivity index (χ2v) is 7.09. The summed E-state index contributed by atoms with van der Waals surface area (Å²) in [4.78, 5) is 0. The molecule has 0 aromatic heterocycles. The summed E-state index contributed by atoms with van der Waals surface area (Å²) < 4.78 is 12.1. The Labute approximate surface area is 135 Å². The molecule has 0 saturated carbocycles. The molecule has 0 amide bonds. The van der Waals surface area contributed by atoms with E-state index in [-0.39, 0.29) is 0 Å². The zero-order chi connectivity index (χ0) is 15.8. The SMILES string of the molecule is CCCO[Si](OCCC)c1ccccc1-c1ccc(C)cc1. The van der Waals surface area contributed by atoms with Crippen molar-refractivity contribution in [3.63, 3.8) is 0 Å². The summed E-state index contributed by atoms with van der Waals surface area (Å²) in [6, 6.07) is 17.1. The smallest absolute Gasteiger partial charge is 0.390 e. The highest BCUT2D eigenvalue weighted by molar-refractivity contribution is 6.63.